The maximum absolute atomic E-state index is 11.2. The molecule has 1 N–H and O–H groups in total. The molecule has 3 nitrogen and oxygen atoms in total. The Bertz CT molecular complexity index is 200. The highest BCUT2D eigenvalue weighted by molar-refractivity contribution is 7.80. The summed E-state index contributed by atoms with van der Waals surface area (Å²) in [5.41, 5.74) is 0. The predicted octanol–water partition coefficient (Wildman–Crippen LogP) is 1.33. The number of halogens is 4. The fraction of sp³-hybridized carbons (Fsp3) is 1.00. The number of hydrogen-bond acceptors (Lipinski definition) is 2. The van der Waals surface area contributed by atoms with Crippen LogP contribution in [0, 0.1) is 0 Å². The highest BCUT2D eigenvalue weighted by Gasteiger charge is 2.32. The van der Waals surface area contributed by atoms with Crippen molar-refractivity contribution in [3.63, 3.8) is 0 Å². The molecule has 0 spiro atoms. The van der Waals surface area contributed by atoms with Crippen molar-refractivity contribution in [1.82, 2.24) is 0 Å². The summed E-state index contributed by atoms with van der Waals surface area (Å²) in [7, 11) is -7.53. The van der Waals surface area contributed by atoms with Gasteiger partial charge < -0.3 is 0 Å². The van der Waals surface area contributed by atoms with E-state index in [0.29, 0.717) is 0 Å². The molecule has 0 bridgehead atoms. The van der Waals surface area contributed by atoms with Gasteiger partial charge in [0.2, 0.25) is 0 Å². The zero-order chi connectivity index (χ0) is 10.6. The summed E-state index contributed by atoms with van der Waals surface area (Å²) in [5, 5.41) is 0. The van der Waals surface area contributed by atoms with Crippen molar-refractivity contribution in [2.75, 3.05) is 0 Å². The highest BCUT2D eigenvalue weighted by Crippen LogP contribution is 2.17. The first kappa shape index (κ1) is 14.4. The van der Waals surface area contributed by atoms with Crippen LogP contribution in [0.3, 0.4) is 0 Å². The minimum Gasteiger partial charge on any atom is -0.260 e. The van der Waals surface area contributed by atoms with E-state index >= 15 is 0 Å². The Morgan fingerprint density at radius 2 is 1.33 bits per heavy atom. The Labute approximate surface area is 69.0 Å². The van der Waals surface area contributed by atoms with Gasteiger partial charge in [-0.1, -0.05) is 17.0 Å². The van der Waals surface area contributed by atoms with E-state index < -0.39 is 25.1 Å². The first-order valence-corrected chi connectivity index (χ1v) is 6.91. The van der Waals surface area contributed by atoms with E-state index in [2.05, 4.69) is 0 Å². The summed E-state index contributed by atoms with van der Waals surface area (Å²) in [6.07, 6.45) is 0. The second kappa shape index (κ2) is 4.77. The second-order valence-corrected chi connectivity index (χ2v) is 5.90. The zero-order valence-corrected chi connectivity index (χ0v) is 8.23. The van der Waals surface area contributed by atoms with Crippen molar-refractivity contribution < 1.29 is 30.0 Å². The fourth-order valence-electron chi connectivity index (χ4n) is 0. The van der Waals surface area contributed by atoms with Crippen LogP contribution in [0.4, 0.5) is 17.1 Å². The van der Waals surface area contributed by atoms with Gasteiger partial charge in [0.1, 0.15) is 0 Å². The molecule has 0 aliphatic heterocycles. The smallest absolute Gasteiger partial charge is 0.260 e. The van der Waals surface area contributed by atoms with Gasteiger partial charge in [0, 0.05) is 0 Å². The summed E-state index contributed by atoms with van der Waals surface area (Å²) in [6, 6.07) is 0. The molecule has 0 aromatic heterocycles. The predicted molar refractivity (Wildman–Crippen MR) is 37.6 cm³/mol. The quantitative estimate of drug-likeness (QED) is 0.294. The summed E-state index contributed by atoms with van der Waals surface area (Å²) < 4.78 is 67.8. The van der Waals surface area contributed by atoms with E-state index in [1.165, 1.54) is 13.1 Å². The Morgan fingerprint density at radius 3 is 1.33 bits per heavy atom. The molecule has 0 atom stereocenters. The third-order valence-corrected chi connectivity index (χ3v) is 1.96. The Kier molecular flexibility index (Phi) is 5.72. The van der Waals surface area contributed by atoms with Crippen LogP contribution in [-0.2, 0) is 10.5 Å². The molecule has 12 heavy (non-hydrogen) atoms. The van der Waals surface area contributed by atoms with Gasteiger partial charge in [0.25, 0.3) is 0 Å². The Balaban J connectivity index is 0. The molecule has 0 unspecified atom stereocenters. The molecule has 0 rings (SSSR count). The van der Waals surface area contributed by atoms with Crippen LogP contribution in [0.1, 0.15) is 0 Å². The van der Waals surface area contributed by atoms with Crippen LogP contribution in [0.15, 0.2) is 0 Å². The van der Waals surface area contributed by atoms with E-state index in [1.807, 2.05) is 0 Å². The summed E-state index contributed by atoms with van der Waals surface area (Å²) in [4.78, 5) is 0. The van der Waals surface area contributed by atoms with E-state index in [0.717, 1.165) is 0 Å². The molecular formula is C3H8F4O3SSi. The first-order chi connectivity index (χ1) is 4.94. The van der Waals surface area contributed by atoms with E-state index in [9.17, 15) is 17.1 Å². The van der Waals surface area contributed by atoms with Gasteiger partial charge in [-0.05, 0) is 0 Å². The standard InChI is InChI=1S/C3H7F3Si.FHO3S/c1-7(2)3(4,5)6;1-5(2,3)4/h7H,1-2H3;(H,2,3,4). The summed E-state index contributed by atoms with van der Waals surface area (Å²) in [5.74, 6) is -3.86. The van der Waals surface area contributed by atoms with Gasteiger partial charge in [-0.15, -0.1) is 0 Å². The highest BCUT2D eigenvalue weighted by atomic mass is 32.3. The average Bonchev–Trinajstić information content (AvgIpc) is 1.55. The summed E-state index contributed by atoms with van der Waals surface area (Å²) in [6.45, 7) is 2.53. The number of alkyl halides is 3. The molecule has 0 aromatic carbocycles. The van der Waals surface area contributed by atoms with Crippen molar-refractivity contribution >= 4 is 19.3 Å². The molecule has 0 heterocycles. The second-order valence-electron chi connectivity index (χ2n) is 2.11. The van der Waals surface area contributed by atoms with Gasteiger partial charge in [-0.2, -0.15) is 21.6 Å². The van der Waals surface area contributed by atoms with E-state index in [4.69, 9.17) is 13.0 Å². The molecule has 9 heteroatoms. The lowest BCUT2D eigenvalue weighted by Gasteiger charge is -2.06. The van der Waals surface area contributed by atoms with Crippen LogP contribution in [0.2, 0.25) is 13.1 Å². The Hall–Kier alpha value is -0.153. The SMILES string of the molecule is C[SiH](C)C(F)(F)F.O=S(=O)(O)F. The van der Waals surface area contributed by atoms with Crippen LogP contribution in [0.5, 0.6) is 0 Å². The third-order valence-electron chi connectivity index (χ3n) is 0.655. The Morgan fingerprint density at radius 1 is 1.25 bits per heavy atom. The molecule has 0 aliphatic rings. The largest absolute Gasteiger partial charge is 0.435 e. The number of rotatable bonds is 0. The lowest BCUT2D eigenvalue weighted by atomic mass is 11.5. The van der Waals surface area contributed by atoms with Gasteiger partial charge in [-0.3, -0.25) is 4.55 Å². The molecule has 76 valence electrons. The lowest BCUT2D eigenvalue weighted by Crippen LogP contribution is -2.26. The van der Waals surface area contributed by atoms with Crippen LogP contribution in [0.25, 0.3) is 0 Å². The van der Waals surface area contributed by atoms with Crippen molar-refractivity contribution in [3.05, 3.63) is 0 Å². The molecule has 0 aliphatic carbocycles. The summed E-state index contributed by atoms with van der Waals surface area (Å²) >= 11 is 0. The van der Waals surface area contributed by atoms with Crippen molar-refractivity contribution in [2.45, 2.75) is 18.9 Å². The maximum Gasteiger partial charge on any atom is 0.435 e. The van der Waals surface area contributed by atoms with E-state index in [-0.39, 0.29) is 0 Å². The average molecular weight is 228 g/mol. The molecular weight excluding hydrogens is 220 g/mol. The number of hydrogen-bond donors (Lipinski definition) is 1. The maximum atomic E-state index is 11.2. The molecule has 0 aromatic rings. The van der Waals surface area contributed by atoms with Crippen LogP contribution in [-0.4, -0.2) is 27.6 Å². The lowest BCUT2D eigenvalue weighted by molar-refractivity contribution is -0.0505. The van der Waals surface area contributed by atoms with Crippen molar-refractivity contribution in [1.29, 1.82) is 0 Å². The minimum absolute atomic E-state index is 1.26. The fourth-order valence-corrected chi connectivity index (χ4v) is 0. The molecule has 0 fully saturated rings. The van der Waals surface area contributed by atoms with Crippen molar-refractivity contribution in [3.8, 4) is 0 Å². The van der Waals surface area contributed by atoms with Crippen molar-refractivity contribution in [2.24, 2.45) is 0 Å². The van der Waals surface area contributed by atoms with Gasteiger partial charge in [0.05, 0.1) is 0 Å². The first-order valence-electron chi connectivity index (χ1n) is 2.68. The minimum atomic E-state index is -5.17. The van der Waals surface area contributed by atoms with Crippen LogP contribution < -0.4 is 0 Å². The van der Waals surface area contributed by atoms with Crippen LogP contribution >= 0.6 is 0 Å². The zero-order valence-electron chi connectivity index (χ0n) is 6.26. The third kappa shape index (κ3) is 22.5. The monoisotopic (exact) mass is 228 g/mol. The van der Waals surface area contributed by atoms with Gasteiger partial charge in [0.15, 0.2) is 8.80 Å². The molecule has 0 saturated carbocycles. The normalized spacial score (nSPS) is 12.3. The molecule has 0 saturated heterocycles. The van der Waals surface area contributed by atoms with E-state index in [1.54, 1.807) is 0 Å². The van der Waals surface area contributed by atoms with Gasteiger partial charge >= 0.3 is 16.3 Å². The molecule has 0 radical (unpaired) electrons. The van der Waals surface area contributed by atoms with Gasteiger partial charge in [-0.25, -0.2) is 0 Å². The molecule has 0 amide bonds. The topological polar surface area (TPSA) is 54.4 Å².